The van der Waals surface area contributed by atoms with Gasteiger partial charge in [-0.2, -0.15) is 0 Å². The van der Waals surface area contributed by atoms with E-state index < -0.39 is 0 Å². The Hall–Kier alpha value is -0.0800. The van der Waals surface area contributed by atoms with E-state index in [1.807, 2.05) is 0 Å². The van der Waals surface area contributed by atoms with Crippen molar-refractivity contribution in [3.8, 4) is 0 Å². The van der Waals surface area contributed by atoms with Crippen LogP contribution in [0.5, 0.6) is 0 Å². The molecule has 0 heterocycles. The van der Waals surface area contributed by atoms with Crippen molar-refractivity contribution in [1.29, 1.82) is 0 Å². The van der Waals surface area contributed by atoms with E-state index in [1.165, 1.54) is 44.9 Å². The second-order valence-corrected chi connectivity index (χ2v) is 10.3. The molecule has 0 saturated heterocycles. The summed E-state index contributed by atoms with van der Waals surface area (Å²) < 4.78 is 6.77. The first-order chi connectivity index (χ1) is 10.3. The third-order valence-electron chi connectivity index (χ3n) is 8.03. The van der Waals surface area contributed by atoms with Gasteiger partial charge in [0, 0.05) is 5.41 Å². The minimum Gasteiger partial charge on any atom is -0.396 e. The molecule has 0 spiro atoms. The van der Waals surface area contributed by atoms with Gasteiger partial charge in [-0.15, -0.1) is 0 Å². The van der Waals surface area contributed by atoms with Gasteiger partial charge in [0.1, 0.15) is 0 Å². The molecule has 2 bridgehead atoms. The fraction of sp³-hybridized carbons (Fsp3) is 1.00. The standard InChI is InChI=1S/C20H34O2/c1-17(2)11-16-15(17)5-8-18(3)6-4-7-20(16,12-18)22-14-19(13-21)9-10-19/h15-16,21H,4-14H2,1-3H3. The fourth-order valence-electron chi connectivity index (χ4n) is 6.19. The number of rotatable bonds is 4. The molecule has 0 aromatic heterocycles. The Morgan fingerprint density at radius 2 is 1.77 bits per heavy atom. The van der Waals surface area contributed by atoms with Gasteiger partial charge in [0.25, 0.3) is 0 Å². The first-order valence-electron chi connectivity index (χ1n) is 9.57. The first-order valence-corrected chi connectivity index (χ1v) is 9.57. The van der Waals surface area contributed by atoms with Crippen molar-refractivity contribution in [3.05, 3.63) is 0 Å². The molecule has 0 radical (unpaired) electrons. The Kier molecular flexibility index (Phi) is 3.32. The number of hydrogen-bond acceptors (Lipinski definition) is 2. The molecule has 22 heavy (non-hydrogen) atoms. The zero-order chi connectivity index (χ0) is 15.6. The van der Waals surface area contributed by atoms with Crippen LogP contribution in [0.1, 0.15) is 78.6 Å². The molecule has 4 saturated carbocycles. The van der Waals surface area contributed by atoms with Gasteiger partial charge >= 0.3 is 0 Å². The summed E-state index contributed by atoms with van der Waals surface area (Å²) in [6, 6.07) is 0. The van der Waals surface area contributed by atoms with Gasteiger partial charge in [-0.1, -0.05) is 27.2 Å². The lowest BCUT2D eigenvalue weighted by atomic mass is 9.49. The van der Waals surface area contributed by atoms with E-state index in [2.05, 4.69) is 20.8 Å². The summed E-state index contributed by atoms with van der Waals surface area (Å²) in [5, 5.41) is 9.65. The molecule has 4 atom stereocenters. The summed E-state index contributed by atoms with van der Waals surface area (Å²) in [6.45, 7) is 8.58. The van der Waals surface area contributed by atoms with E-state index in [0.717, 1.165) is 31.3 Å². The molecule has 0 aromatic carbocycles. The lowest BCUT2D eigenvalue weighted by Crippen LogP contribution is -2.57. The van der Waals surface area contributed by atoms with E-state index in [9.17, 15) is 5.11 Å². The van der Waals surface area contributed by atoms with Crippen LogP contribution in [-0.4, -0.2) is 23.9 Å². The Labute approximate surface area is 136 Å². The van der Waals surface area contributed by atoms with Crippen molar-refractivity contribution in [3.63, 3.8) is 0 Å². The normalized spacial score (nSPS) is 48.0. The third-order valence-corrected chi connectivity index (χ3v) is 8.03. The number of ether oxygens (including phenoxy) is 1. The molecule has 0 amide bonds. The van der Waals surface area contributed by atoms with Crippen LogP contribution >= 0.6 is 0 Å². The molecule has 4 rings (SSSR count). The van der Waals surface area contributed by atoms with Crippen LogP contribution in [-0.2, 0) is 4.74 Å². The zero-order valence-electron chi connectivity index (χ0n) is 14.8. The smallest absolute Gasteiger partial charge is 0.0719 e. The average molecular weight is 306 g/mol. The van der Waals surface area contributed by atoms with Crippen LogP contribution in [0.4, 0.5) is 0 Å². The van der Waals surface area contributed by atoms with Crippen molar-refractivity contribution < 1.29 is 9.84 Å². The van der Waals surface area contributed by atoms with Crippen LogP contribution in [0.25, 0.3) is 0 Å². The summed E-state index contributed by atoms with van der Waals surface area (Å²) >= 11 is 0. The maximum atomic E-state index is 9.65. The Morgan fingerprint density at radius 1 is 1.00 bits per heavy atom. The minimum absolute atomic E-state index is 0.129. The predicted molar refractivity (Wildman–Crippen MR) is 88.6 cm³/mol. The SMILES string of the molecule is CC12CCCC(OCC3(CO)CC3)(C1)C1CC(C)(C)C1CC2. The van der Waals surface area contributed by atoms with E-state index in [1.54, 1.807) is 0 Å². The maximum Gasteiger partial charge on any atom is 0.0719 e. The summed E-state index contributed by atoms with van der Waals surface area (Å²) in [4.78, 5) is 0. The Balaban J connectivity index is 1.58. The summed E-state index contributed by atoms with van der Waals surface area (Å²) in [5.41, 5.74) is 1.28. The molecule has 2 heteroatoms. The molecule has 0 aromatic rings. The van der Waals surface area contributed by atoms with E-state index in [-0.39, 0.29) is 11.0 Å². The second kappa shape index (κ2) is 4.72. The van der Waals surface area contributed by atoms with Crippen LogP contribution < -0.4 is 0 Å². The summed E-state index contributed by atoms with van der Waals surface area (Å²) in [7, 11) is 0. The van der Waals surface area contributed by atoms with Gasteiger partial charge in [0.15, 0.2) is 0 Å². The highest BCUT2D eigenvalue weighted by atomic mass is 16.5. The van der Waals surface area contributed by atoms with Crippen molar-refractivity contribution in [2.45, 2.75) is 84.2 Å². The Morgan fingerprint density at radius 3 is 2.41 bits per heavy atom. The van der Waals surface area contributed by atoms with Crippen molar-refractivity contribution in [2.24, 2.45) is 28.1 Å². The number of aliphatic hydroxyl groups excluding tert-OH is 1. The van der Waals surface area contributed by atoms with E-state index in [0.29, 0.717) is 17.4 Å². The van der Waals surface area contributed by atoms with Gasteiger partial charge in [-0.3, -0.25) is 0 Å². The van der Waals surface area contributed by atoms with E-state index in [4.69, 9.17) is 4.74 Å². The highest BCUT2D eigenvalue weighted by Gasteiger charge is 2.62. The van der Waals surface area contributed by atoms with Gasteiger partial charge in [0.05, 0.1) is 18.8 Å². The minimum atomic E-state index is 0.129. The molecule has 1 N–H and O–H groups in total. The van der Waals surface area contributed by atoms with E-state index >= 15 is 0 Å². The number of fused-ring (bicyclic) bond motifs is 4. The van der Waals surface area contributed by atoms with Gasteiger partial charge in [-0.05, 0) is 74.0 Å². The lowest BCUT2D eigenvalue weighted by molar-refractivity contribution is -0.200. The zero-order valence-corrected chi connectivity index (χ0v) is 14.8. The number of aliphatic hydroxyl groups is 1. The average Bonchev–Trinajstić information content (AvgIpc) is 3.23. The summed E-state index contributed by atoms with van der Waals surface area (Å²) in [5.74, 6) is 1.64. The molecule has 4 aliphatic carbocycles. The second-order valence-electron chi connectivity index (χ2n) is 10.3. The molecule has 4 unspecified atom stereocenters. The summed E-state index contributed by atoms with van der Waals surface area (Å²) in [6.07, 6.45) is 11.8. The van der Waals surface area contributed by atoms with Gasteiger partial charge in [0.2, 0.25) is 0 Å². The molecule has 4 fully saturated rings. The number of hydrogen-bond donors (Lipinski definition) is 1. The third kappa shape index (κ3) is 2.28. The molecule has 4 aliphatic rings. The van der Waals surface area contributed by atoms with Crippen LogP contribution in [0.15, 0.2) is 0 Å². The van der Waals surface area contributed by atoms with Crippen LogP contribution in [0.2, 0.25) is 0 Å². The van der Waals surface area contributed by atoms with Crippen molar-refractivity contribution in [2.75, 3.05) is 13.2 Å². The quantitative estimate of drug-likeness (QED) is 0.825. The highest BCUT2D eigenvalue weighted by Crippen LogP contribution is 2.66. The first kappa shape index (κ1) is 15.4. The molecule has 126 valence electrons. The maximum absolute atomic E-state index is 9.65. The predicted octanol–water partition coefficient (Wildman–Crippen LogP) is 4.55. The van der Waals surface area contributed by atoms with Crippen molar-refractivity contribution in [1.82, 2.24) is 0 Å². The van der Waals surface area contributed by atoms with Crippen LogP contribution in [0, 0.1) is 28.1 Å². The van der Waals surface area contributed by atoms with Crippen LogP contribution in [0.3, 0.4) is 0 Å². The molecular formula is C20H34O2. The molecule has 2 nitrogen and oxygen atoms in total. The van der Waals surface area contributed by atoms with Crippen molar-refractivity contribution >= 4 is 0 Å². The molecular weight excluding hydrogens is 272 g/mol. The van der Waals surface area contributed by atoms with Gasteiger partial charge < -0.3 is 9.84 Å². The fourth-order valence-corrected chi connectivity index (χ4v) is 6.19. The van der Waals surface area contributed by atoms with Gasteiger partial charge in [-0.25, -0.2) is 0 Å². The molecule has 0 aliphatic heterocycles. The monoisotopic (exact) mass is 306 g/mol. The topological polar surface area (TPSA) is 29.5 Å². The lowest BCUT2D eigenvalue weighted by Gasteiger charge is -2.59. The largest absolute Gasteiger partial charge is 0.396 e. The Bertz CT molecular complexity index is 453. The highest BCUT2D eigenvalue weighted by molar-refractivity contribution is 5.11.